The minimum absolute atomic E-state index is 0.0897. The first-order chi connectivity index (χ1) is 10.6. The Morgan fingerprint density at radius 3 is 2.68 bits per heavy atom. The van der Waals surface area contributed by atoms with Crippen LogP contribution >= 0.6 is 11.6 Å². The van der Waals surface area contributed by atoms with Crippen LogP contribution in [0.1, 0.15) is 24.4 Å². The van der Waals surface area contributed by atoms with Crippen molar-refractivity contribution in [1.82, 2.24) is 9.97 Å². The maximum atomic E-state index is 12.0. The van der Waals surface area contributed by atoms with E-state index in [2.05, 4.69) is 22.2 Å². The highest BCUT2D eigenvalue weighted by atomic mass is 35.5. The summed E-state index contributed by atoms with van der Waals surface area (Å²) >= 11 is 5.90. The zero-order valence-corrected chi connectivity index (χ0v) is 13.0. The van der Waals surface area contributed by atoms with Gasteiger partial charge in [0.1, 0.15) is 12.6 Å². The molecule has 3 rings (SSSR count). The van der Waals surface area contributed by atoms with Crippen LogP contribution in [0.5, 0.6) is 0 Å². The Morgan fingerprint density at radius 2 is 1.91 bits per heavy atom. The first-order valence-corrected chi connectivity index (χ1v) is 7.58. The minimum atomic E-state index is -0.0897. The maximum Gasteiger partial charge on any atom is 0.258 e. The summed E-state index contributed by atoms with van der Waals surface area (Å²) in [6, 6.07) is 15.4. The second kappa shape index (κ2) is 6.30. The van der Waals surface area contributed by atoms with Crippen molar-refractivity contribution in [3.05, 3.63) is 75.3 Å². The van der Waals surface area contributed by atoms with Gasteiger partial charge in [0.15, 0.2) is 5.82 Å². The van der Waals surface area contributed by atoms with Crippen molar-refractivity contribution in [1.29, 1.82) is 0 Å². The molecule has 5 heteroatoms. The molecule has 4 nitrogen and oxygen atoms in total. The Kier molecular flexibility index (Phi) is 4.22. The van der Waals surface area contributed by atoms with Crippen LogP contribution in [0.15, 0.2) is 53.3 Å². The molecule has 1 atom stereocenters. The molecule has 0 bridgehead atoms. The molecule has 0 unspecified atom stereocenters. The molecule has 3 N–H and O–H groups in total. The summed E-state index contributed by atoms with van der Waals surface area (Å²) in [5.74, 6) is 0.685. The quantitative estimate of drug-likeness (QED) is 0.777. The van der Waals surface area contributed by atoms with E-state index in [-0.39, 0.29) is 11.6 Å². The lowest BCUT2D eigenvalue weighted by atomic mass is 10.1. The van der Waals surface area contributed by atoms with E-state index in [1.165, 1.54) is 5.56 Å². The Balaban J connectivity index is 1.76. The van der Waals surface area contributed by atoms with Crippen LogP contribution in [0.25, 0.3) is 10.9 Å². The summed E-state index contributed by atoms with van der Waals surface area (Å²) in [5.41, 5.74) is 1.83. The smallest absolute Gasteiger partial charge is 0.258 e. The molecule has 1 aromatic heterocycles. The van der Waals surface area contributed by atoms with Crippen LogP contribution < -0.4 is 10.9 Å². The van der Waals surface area contributed by atoms with Crippen molar-refractivity contribution in [2.75, 3.05) is 0 Å². The molecule has 2 aromatic carbocycles. The number of hydrogen-bond donors (Lipinski definition) is 2. The first-order valence-electron chi connectivity index (χ1n) is 7.20. The molecule has 0 aliphatic rings. The van der Waals surface area contributed by atoms with Gasteiger partial charge in [-0.15, -0.1) is 0 Å². The van der Waals surface area contributed by atoms with Gasteiger partial charge >= 0.3 is 0 Å². The molecule has 0 radical (unpaired) electrons. The lowest BCUT2D eigenvalue weighted by molar-refractivity contribution is -0.708. The lowest BCUT2D eigenvalue weighted by Gasteiger charge is -2.11. The minimum Gasteiger partial charge on any atom is -0.334 e. The van der Waals surface area contributed by atoms with Gasteiger partial charge in [0.05, 0.1) is 10.9 Å². The number of aromatic nitrogens is 2. The fourth-order valence-electron chi connectivity index (χ4n) is 2.42. The molecular weight excluding hydrogens is 298 g/mol. The molecule has 0 amide bonds. The van der Waals surface area contributed by atoms with Gasteiger partial charge in [-0.25, -0.2) is 4.98 Å². The third-order valence-corrected chi connectivity index (χ3v) is 3.97. The molecule has 0 saturated heterocycles. The molecule has 0 saturated carbocycles. The number of para-hydroxylation sites is 1. The van der Waals surface area contributed by atoms with Gasteiger partial charge in [0, 0.05) is 10.6 Å². The molecule has 0 fully saturated rings. The maximum absolute atomic E-state index is 12.0. The monoisotopic (exact) mass is 314 g/mol. The topological polar surface area (TPSA) is 62.4 Å². The van der Waals surface area contributed by atoms with E-state index in [1.807, 2.05) is 42.5 Å². The van der Waals surface area contributed by atoms with Crippen LogP contribution in [0.4, 0.5) is 0 Å². The third-order valence-electron chi connectivity index (χ3n) is 3.72. The van der Waals surface area contributed by atoms with Crippen molar-refractivity contribution in [3.63, 3.8) is 0 Å². The number of hydrogen-bond acceptors (Lipinski definition) is 2. The fraction of sp³-hybridized carbons (Fsp3) is 0.176. The lowest BCUT2D eigenvalue weighted by Crippen LogP contribution is -2.83. The van der Waals surface area contributed by atoms with E-state index in [0.29, 0.717) is 17.8 Å². The highest BCUT2D eigenvalue weighted by molar-refractivity contribution is 6.30. The predicted octanol–water partition coefficient (Wildman–Crippen LogP) is 2.40. The van der Waals surface area contributed by atoms with Crippen molar-refractivity contribution in [2.24, 2.45) is 0 Å². The first kappa shape index (κ1) is 14.8. The van der Waals surface area contributed by atoms with Crippen molar-refractivity contribution in [2.45, 2.75) is 19.5 Å². The van der Waals surface area contributed by atoms with Crippen LogP contribution in [0.3, 0.4) is 0 Å². The second-order valence-corrected chi connectivity index (χ2v) is 5.75. The molecule has 22 heavy (non-hydrogen) atoms. The number of aromatic amines is 1. The van der Waals surface area contributed by atoms with Crippen LogP contribution in [0, 0.1) is 0 Å². The van der Waals surface area contributed by atoms with E-state index < -0.39 is 0 Å². The Bertz CT molecular complexity index is 842. The summed E-state index contributed by atoms with van der Waals surface area (Å²) in [6.45, 7) is 2.73. The van der Waals surface area contributed by atoms with Gasteiger partial charge < -0.3 is 10.3 Å². The molecule has 112 valence electrons. The summed E-state index contributed by atoms with van der Waals surface area (Å²) in [5, 5.41) is 3.49. The van der Waals surface area contributed by atoms with Crippen molar-refractivity contribution < 1.29 is 5.32 Å². The summed E-state index contributed by atoms with van der Waals surface area (Å²) < 4.78 is 0. The second-order valence-electron chi connectivity index (χ2n) is 5.31. The van der Waals surface area contributed by atoms with E-state index in [4.69, 9.17) is 11.6 Å². The summed E-state index contributed by atoms with van der Waals surface area (Å²) in [4.78, 5) is 19.4. The van der Waals surface area contributed by atoms with Gasteiger partial charge in [-0.2, -0.15) is 0 Å². The van der Waals surface area contributed by atoms with Crippen LogP contribution in [-0.4, -0.2) is 9.97 Å². The number of benzene rings is 2. The number of halogens is 1. The average Bonchev–Trinajstić information content (AvgIpc) is 2.53. The van der Waals surface area contributed by atoms with Crippen LogP contribution in [0.2, 0.25) is 5.02 Å². The van der Waals surface area contributed by atoms with Gasteiger partial charge in [-0.05, 0) is 31.2 Å². The Hall–Kier alpha value is -2.17. The van der Waals surface area contributed by atoms with Gasteiger partial charge in [-0.1, -0.05) is 35.9 Å². The summed E-state index contributed by atoms with van der Waals surface area (Å²) in [6.07, 6.45) is 0. The zero-order valence-electron chi connectivity index (χ0n) is 12.2. The molecule has 3 aromatic rings. The van der Waals surface area contributed by atoms with Crippen LogP contribution in [-0.2, 0) is 6.54 Å². The normalized spacial score (nSPS) is 12.5. The number of nitrogens with one attached hydrogen (secondary N) is 1. The molecule has 0 aliphatic heterocycles. The van der Waals surface area contributed by atoms with E-state index >= 15 is 0 Å². The van der Waals surface area contributed by atoms with Gasteiger partial charge in [0.2, 0.25) is 0 Å². The number of fused-ring (bicyclic) bond motifs is 1. The summed E-state index contributed by atoms with van der Waals surface area (Å²) in [7, 11) is 0. The zero-order chi connectivity index (χ0) is 15.5. The number of rotatable bonds is 4. The van der Waals surface area contributed by atoms with E-state index in [0.717, 1.165) is 10.5 Å². The van der Waals surface area contributed by atoms with E-state index in [9.17, 15) is 4.79 Å². The van der Waals surface area contributed by atoms with Gasteiger partial charge in [-0.3, -0.25) is 4.79 Å². The molecular formula is C17H17ClN3O+. The number of quaternary nitrogens is 1. The number of H-pyrrole nitrogens is 1. The molecule has 0 spiro atoms. The molecule has 1 heterocycles. The van der Waals surface area contributed by atoms with E-state index in [1.54, 1.807) is 6.07 Å². The Labute approximate surface area is 133 Å². The molecule has 0 aliphatic carbocycles. The fourth-order valence-corrected chi connectivity index (χ4v) is 2.55. The Morgan fingerprint density at radius 1 is 1.18 bits per heavy atom. The highest BCUT2D eigenvalue weighted by Gasteiger charge is 2.10. The largest absolute Gasteiger partial charge is 0.334 e. The van der Waals surface area contributed by atoms with Gasteiger partial charge in [0.25, 0.3) is 5.56 Å². The SMILES string of the molecule is C[C@H]([NH2+]Cc1nc2ccccc2c(=O)[nH]1)c1ccc(Cl)cc1. The standard InChI is InChI=1S/C17H16ClN3O/c1-11(12-6-8-13(18)9-7-12)19-10-16-20-15-5-3-2-4-14(15)17(22)21-16/h2-9,11,19H,10H2,1H3,(H,20,21,22)/p+1/t11-/m0/s1. The predicted molar refractivity (Wildman–Crippen MR) is 87.9 cm³/mol. The number of nitrogens with two attached hydrogens (primary N) is 1. The van der Waals surface area contributed by atoms with Crippen molar-refractivity contribution >= 4 is 22.5 Å². The van der Waals surface area contributed by atoms with Crippen molar-refractivity contribution in [3.8, 4) is 0 Å². The third kappa shape index (κ3) is 3.18. The average molecular weight is 315 g/mol. The number of nitrogens with zero attached hydrogens (tertiary/aromatic N) is 1. The highest BCUT2D eigenvalue weighted by Crippen LogP contribution is 2.13.